The van der Waals surface area contributed by atoms with Gasteiger partial charge in [-0.2, -0.15) is 0 Å². The van der Waals surface area contributed by atoms with Crippen LogP contribution in [0.25, 0.3) is 0 Å². The third-order valence-electron chi connectivity index (χ3n) is 0.247. The van der Waals surface area contributed by atoms with Gasteiger partial charge in [0.15, 0.2) is 13.6 Å². The molecule has 0 rings (SSSR count). The van der Waals surface area contributed by atoms with Crippen LogP contribution in [-0.4, -0.2) is 36.7 Å². The van der Waals surface area contributed by atoms with Crippen LogP contribution in [0.5, 0.6) is 0 Å². The second-order valence-electron chi connectivity index (χ2n) is 0.714. The zero-order chi connectivity index (χ0) is 10.2. The first-order valence-corrected chi connectivity index (χ1v) is 3.53. The molecule has 0 amide bonds. The summed E-state index contributed by atoms with van der Waals surface area (Å²) in [6, 6.07) is 0. The van der Waals surface area contributed by atoms with E-state index in [4.69, 9.17) is 19.8 Å². The zero-order valence-corrected chi connectivity index (χ0v) is 14.2. The number of hydrogen-bond acceptors (Lipinski definition) is 8. The predicted octanol–water partition coefficient (Wildman–Crippen LogP) is -1.97. The van der Waals surface area contributed by atoms with Crippen molar-refractivity contribution in [3.63, 3.8) is 0 Å². The summed E-state index contributed by atoms with van der Waals surface area (Å²) in [4.78, 5) is 17.8. The van der Waals surface area contributed by atoms with Gasteiger partial charge in [0, 0.05) is 65.4 Å². The summed E-state index contributed by atoms with van der Waals surface area (Å²) in [7, 11) is 0. The van der Waals surface area contributed by atoms with E-state index in [0.29, 0.717) is 0 Å². The minimum atomic E-state index is -0.580. The van der Waals surface area contributed by atoms with Gasteiger partial charge in [0.25, 0.3) is 0 Å². The third-order valence-corrected chi connectivity index (χ3v) is 0.247. The van der Waals surface area contributed by atoms with Gasteiger partial charge in [0.2, 0.25) is 0 Å². The largest absolute Gasteiger partial charge is 1.00 e. The Balaban J connectivity index is -0.0000000292. The standard InChI is InChI=1S/2C2H3O3.S2.2Y/c2*3-1-5-2-4;1-2;;/h2*3H,1H2;;;/q2*-1;-2;;. The Hall–Kier alpha value is 1.77. The Morgan fingerprint density at radius 2 is 1.14 bits per heavy atom. The van der Waals surface area contributed by atoms with Crippen LogP contribution in [0.3, 0.4) is 0 Å². The van der Waals surface area contributed by atoms with Crippen molar-refractivity contribution in [1.29, 1.82) is 0 Å². The number of aliphatic hydroxyl groups excluding tert-OH is 2. The monoisotopic (exact) mass is 392 g/mol. The van der Waals surface area contributed by atoms with E-state index in [-0.39, 0.29) is 65.4 Å². The molecule has 2 radical (unpaired) electrons. The van der Waals surface area contributed by atoms with Crippen LogP contribution in [-0.2, 0) is 108 Å². The fraction of sp³-hybridized carbons (Fsp3) is 0.500. The number of aliphatic hydroxyl groups is 2. The van der Waals surface area contributed by atoms with Crippen LogP contribution in [0.15, 0.2) is 0 Å². The molecule has 0 aromatic rings. The molecule has 0 unspecified atom stereocenters. The van der Waals surface area contributed by atoms with Crippen LogP contribution in [0, 0.1) is 0 Å². The Labute approximate surface area is 142 Å². The normalized spacial score (nSPS) is 5.14. The molecule has 0 fully saturated rings. The zero-order valence-electron chi connectivity index (χ0n) is 6.91. The van der Waals surface area contributed by atoms with Gasteiger partial charge in [-0.25, -0.2) is 0 Å². The van der Waals surface area contributed by atoms with Crippen molar-refractivity contribution in [3.8, 4) is 0 Å². The topological polar surface area (TPSA) is 93.1 Å². The summed E-state index contributed by atoms with van der Waals surface area (Å²) in [6.07, 6.45) is 0. The molecule has 0 saturated carbocycles. The molecule has 0 spiro atoms. The SMILES string of the molecule is O=[C-]OCO.O=[C-]OCO.[S-][S-].[Y].[Y]. The van der Waals surface area contributed by atoms with E-state index in [0.717, 1.165) is 12.9 Å². The van der Waals surface area contributed by atoms with Gasteiger partial charge in [-0.15, -0.1) is 0 Å². The molecular formula is C4H6O6S2Y2-4. The molecule has 0 aliphatic rings. The fourth-order valence-corrected chi connectivity index (χ4v) is 0.0527. The van der Waals surface area contributed by atoms with Crippen LogP contribution < -0.4 is 0 Å². The minimum absolute atomic E-state index is 0. The summed E-state index contributed by atoms with van der Waals surface area (Å²) >= 11 is 7.33. The van der Waals surface area contributed by atoms with Crippen molar-refractivity contribution in [3.05, 3.63) is 0 Å². The number of rotatable bonds is 4. The quantitative estimate of drug-likeness (QED) is 0.247. The van der Waals surface area contributed by atoms with Crippen molar-refractivity contribution in [2.75, 3.05) is 13.6 Å². The first-order valence-electron chi connectivity index (χ1n) is 2.19. The van der Waals surface area contributed by atoms with E-state index in [1.54, 1.807) is 0 Å². The Morgan fingerprint density at radius 3 is 1.14 bits per heavy atom. The van der Waals surface area contributed by atoms with Gasteiger partial charge < -0.3 is 52.6 Å². The van der Waals surface area contributed by atoms with Crippen LogP contribution >= 0.6 is 0 Å². The molecule has 14 heavy (non-hydrogen) atoms. The number of ether oxygens (including phenoxy) is 2. The van der Waals surface area contributed by atoms with Gasteiger partial charge in [-0.05, 0) is 0 Å². The molecule has 0 aromatic carbocycles. The van der Waals surface area contributed by atoms with Crippen molar-refractivity contribution in [2.24, 2.45) is 0 Å². The molecule has 80 valence electrons. The first kappa shape index (κ1) is 29.7. The molecule has 0 saturated heterocycles. The Morgan fingerprint density at radius 1 is 0.929 bits per heavy atom. The summed E-state index contributed by atoms with van der Waals surface area (Å²) in [6.45, 7) is 0.875. The molecule has 0 aliphatic heterocycles. The van der Waals surface area contributed by atoms with E-state index in [1.165, 1.54) is 0 Å². The summed E-state index contributed by atoms with van der Waals surface area (Å²) in [5.41, 5.74) is 0. The second kappa shape index (κ2) is 46.4. The second-order valence-corrected chi connectivity index (χ2v) is 0.714. The first-order chi connectivity index (χ1) is 5.83. The van der Waals surface area contributed by atoms with Crippen LogP contribution in [0.1, 0.15) is 0 Å². The molecule has 10 heteroatoms. The van der Waals surface area contributed by atoms with Gasteiger partial charge in [-0.1, -0.05) is 12.9 Å². The van der Waals surface area contributed by atoms with Gasteiger partial charge in [0.05, 0.1) is 0 Å². The summed E-state index contributed by atoms with van der Waals surface area (Å²) in [5, 5.41) is 15.2. The van der Waals surface area contributed by atoms with Gasteiger partial charge >= 0.3 is 0 Å². The van der Waals surface area contributed by atoms with Crippen molar-refractivity contribution >= 4 is 36.3 Å². The van der Waals surface area contributed by atoms with E-state index >= 15 is 0 Å². The maximum Gasteiger partial charge on any atom is 0.152 e. The smallest absolute Gasteiger partial charge is 0.152 e. The van der Waals surface area contributed by atoms with Crippen molar-refractivity contribution in [2.45, 2.75) is 0 Å². The molecule has 2 N–H and O–H groups in total. The Kier molecular flexibility index (Phi) is 98.3. The molecule has 0 heterocycles. The van der Waals surface area contributed by atoms with Crippen molar-refractivity contribution < 1.29 is 94.7 Å². The Bertz CT molecular complexity index is 78.2. The van der Waals surface area contributed by atoms with E-state index in [1.807, 2.05) is 0 Å². The van der Waals surface area contributed by atoms with E-state index in [2.05, 4.69) is 32.8 Å². The number of carbonyl (C=O) groups excluding carboxylic acids is 2. The van der Waals surface area contributed by atoms with Crippen molar-refractivity contribution in [1.82, 2.24) is 0 Å². The molecule has 0 aromatic heterocycles. The van der Waals surface area contributed by atoms with Crippen LogP contribution in [0.2, 0.25) is 0 Å². The molecular weight excluding hydrogens is 386 g/mol. The number of hydrogen-bond donors (Lipinski definition) is 2. The molecule has 6 nitrogen and oxygen atoms in total. The van der Waals surface area contributed by atoms with E-state index in [9.17, 15) is 0 Å². The molecule has 0 bridgehead atoms. The molecule has 0 aliphatic carbocycles. The third kappa shape index (κ3) is 67.5. The van der Waals surface area contributed by atoms with E-state index < -0.39 is 13.6 Å². The molecule has 0 atom stereocenters. The maximum absolute atomic E-state index is 8.90. The van der Waals surface area contributed by atoms with Crippen LogP contribution in [0.4, 0.5) is 0 Å². The van der Waals surface area contributed by atoms with Gasteiger partial charge in [-0.3, -0.25) is 0 Å². The minimum Gasteiger partial charge on any atom is -1.00 e. The summed E-state index contributed by atoms with van der Waals surface area (Å²) < 4.78 is 7.17. The average molecular weight is 392 g/mol. The predicted molar refractivity (Wildman–Crippen MR) is 42.5 cm³/mol. The fourth-order valence-electron chi connectivity index (χ4n) is 0.0527. The van der Waals surface area contributed by atoms with Gasteiger partial charge in [0.1, 0.15) is 0 Å². The average Bonchev–Trinajstić information content (AvgIpc) is 2.12. The summed E-state index contributed by atoms with van der Waals surface area (Å²) in [5.74, 6) is 0. The maximum atomic E-state index is 8.90.